The fraction of sp³-hybridized carbons (Fsp3) is 0.308. The molecular weight excluding hydrogens is 202 g/mol. The highest BCUT2D eigenvalue weighted by atomic mass is 16.5. The molecule has 1 amide bonds. The van der Waals surface area contributed by atoms with Gasteiger partial charge in [-0.3, -0.25) is 4.79 Å². The molecule has 1 saturated heterocycles. The van der Waals surface area contributed by atoms with Crippen LogP contribution in [0.1, 0.15) is 15.9 Å². The summed E-state index contributed by atoms with van der Waals surface area (Å²) in [5.41, 5.74) is 1.26. The molecule has 0 radical (unpaired) electrons. The molecule has 3 nitrogen and oxygen atoms in total. The maximum absolute atomic E-state index is 12.2. The molecule has 16 heavy (non-hydrogen) atoms. The molecule has 0 aromatic heterocycles. The fourth-order valence-electron chi connectivity index (χ4n) is 1.73. The van der Waals surface area contributed by atoms with Crippen LogP contribution in [0.25, 0.3) is 0 Å². The molecule has 1 heterocycles. The Morgan fingerprint density at radius 1 is 1.31 bits per heavy atom. The Labute approximate surface area is 95.0 Å². The number of amides is 1. The SMILES string of the molecule is C#Cc1ccccc1C(=O)N1CCOCC1. The number of morpholine rings is 1. The highest BCUT2D eigenvalue weighted by Gasteiger charge is 2.19. The molecule has 0 spiro atoms. The van der Waals surface area contributed by atoms with Crippen molar-refractivity contribution in [2.45, 2.75) is 0 Å². The lowest BCUT2D eigenvalue weighted by atomic mass is 10.1. The van der Waals surface area contributed by atoms with Crippen molar-refractivity contribution < 1.29 is 9.53 Å². The summed E-state index contributed by atoms with van der Waals surface area (Å²) in [6.07, 6.45) is 5.37. The van der Waals surface area contributed by atoms with Gasteiger partial charge in [-0.25, -0.2) is 0 Å². The van der Waals surface area contributed by atoms with E-state index in [-0.39, 0.29) is 5.91 Å². The summed E-state index contributed by atoms with van der Waals surface area (Å²) in [5, 5.41) is 0. The number of rotatable bonds is 1. The summed E-state index contributed by atoms with van der Waals surface area (Å²) in [6, 6.07) is 7.22. The summed E-state index contributed by atoms with van der Waals surface area (Å²) in [5.74, 6) is 2.53. The van der Waals surface area contributed by atoms with Crippen LogP contribution in [0.2, 0.25) is 0 Å². The highest BCUT2D eigenvalue weighted by molar-refractivity contribution is 5.96. The lowest BCUT2D eigenvalue weighted by Gasteiger charge is -2.27. The van der Waals surface area contributed by atoms with Crippen molar-refractivity contribution in [3.05, 3.63) is 35.4 Å². The minimum Gasteiger partial charge on any atom is -0.378 e. The third-order valence-electron chi connectivity index (χ3n) is 2.61. The Morgan fingerprint density at radius 3 is 2.69 bits per heavy atom. The monoisotopic (exact) mass is 215 g/mol. The highest BCUT2D eigenvalue weighted by Crippen LogP contribution is 2.11. The first-order chi connectivity index (χ1) is 7.83. The summed E-state index contributed by atoms with van der Waals surface area (Å²) in [4.78, 5) is 13.9. The molecule has 2 rings (SSSR count). The van der Waals surface area contributed by atoms with Crippen LogP contribution in [0.3, 0.4) is 0 Å². The van der Waals surface area contributed by atoms with Gasteiger partial charge in [-0.1, -0.05) is 18.1 Å². The maximum Gasteiger partial charge on any atom is 0.255 e. The summed E-state index contributed by atoms with van der Waals surface area (Å²) >= 11 is 0. The average molecular weight is 215 g/mol. The van der Waals surface area contributed by atoms with Crippen LogP contribution < -0.4 is 0 Å². The zero-order chi connectivity index (χ0) is 11.4. The number of hydrogen-bond donors (Lipinski definition) is 0. The number of ether oxygens (including phenoxy) is 1. The minimum atomic E-state index is -0.00292. The van der Waals surface area contributed by atoms with Gasteiger partial charge in [0.15, 0.2) is 0 Å². The Morgan fingerprint density at radius 2 is 2.00 bits per heavy atom. The van der Waals surface area contributed by atoms with Crippen molar-refractivity contribution in [2.24, 2.45) is 0 Å². The first-order valence-corrected chi connectivity index (χ1v) is 5.25. The van der Waals surface area contributed by atoms with Gasteiger partial charge in [0.1, 0.15) is 0 Å². The van der Waals surface area contributed by atoms with Crippen LogP contribution in [0.5, 0.6) is 0 Å². The van der Waals surface area contributed by atoms with E-state index in [1.807, 2.05) is 12.1 Å². The first-order valence-electron chi connectivity index (χ1n) is 5.25. The minimum absolute atomic E-state index is 0.00292. The van der Waals surface area contributed by atoms with Gasteiger partial charge in [0.05, 0.1) is 18.8 Å². The van der Waals surface area contributed by atoms with E-state index >= 15 is 0 Å². The Bertz CT molecular complexity index is 428. The van der Waals surface area contributed by atoms with Gasteiger partial charge in [0, 0.05) is 18.7 Å². The average Bonchev–Trinajstić information content (AvgIpc) is 2.39. The fourth-order valence-corrected chi connectivity index (χ4v) is 1.73. The molecule has 82 valence electrons. The zero-order valence-corrected chi connectivity index (χ0v) is 8.98. The number of carbonyl (C=O) groups is 1. The number of benzene rings is 1. The molecule has 1 aliphatic heterocycles. The molecule has 0 atom stereocenters. The quantitative estimate of drug-likeness (QED) is 0.657. The zero-order valence-electron chi connectivity index (χ0n) is 8.98. The molecular formula is C13H13NO2. The summed E-state index contributed by atoms with van der Waals surface area (Å²) < 4.78 is 5.21. The molecule has 1 aromatic carbocycles. The van der Waals surface area contributed by atoms with Gasteiger partial charge in [0.2, 0.25) is 0 Å². The second-order valence-corrected chi connectivity index (χ2v) is 3.59. The Hall–Kier alpha value is -1.79. The summed E-state index contributed by atoms with van der Waals surface area (Å²) in [6.45, 7) is 2.48. The van der Waals surface area contributed by atoms with Gasteiger partial charge in [-0.05, 0) is 12.1 Å². The van der Waals surface area contributed by atoms with Crippen molar-refractivity contribution in [3.8, 4) is 12.3 Å². The molecule has 0 unspecified atom stereocenters. The van der Waals surface area contributed by atoms with Crippen molar-refractivity contribution in [1.29, 1.82) is 0 Å². The molecule has 0 N–H and O–H groups in total. The van der Waals surface area contributed by atoms with Gasteiger partial charge in [-0.2, -0.15) is 0 Å². The number of carbonyl (C=O) groups excluding carboxylic acids is 1. The van der Waals surface area contributed by atoms with E-state index < -0.39 is 0 Å². The van der Waals surface area contributed by atoms with Crippen molar-refractivity contribution in [3.63, 3.8) is 0 Å². The van der Waals surface area contributed by atoms with Crippen LogP contribution in [-0.2, 0) is 4.74 Å². The lowest BCUT2D eigenvalue weighted by Crippen LogP contribution is -2.40. The first kappa shape index (κ1) is 10.7. The van der Waals surface area contributed by atoms with Gasteiger partial charge in [-0.15, -0.1) is 6.42 Å². The van der Waals surface area contributed by atoms with Gasteiger partial charge in [0.25, 0.3) is 5.91 Å². The smallest absolute Gasteiger partial charge is 0.255 e. The third kappa shape index (κ3) is 2.07. The number of terminal acetylenes is 1. The normalized spacial score (nSPS) is 15.6. The maximum atomic E-state index is 12.2. The molecule has 0 bridgehead atoms. The standard InChI is InChI=1S/C13H13NO2/c1-2-11-5-3-4-6-12(11)13(15)14-7-9-16-10-8-14/h1,3-6H,7-10H2. The van der Waals surface area contributed by atoms with Crippen LogP contribution in [-0.4, -0.2) is 37.1 Å². The van der Waals surface area contributed by atoms with Crippen LogP contribution >= 0.6 is 0 Å². The van der Waals surface area contributed by atoms with E-state index in [1.54, 1.807) is 17.0 Å². The number of nitrogens with zero attached hydrogens (tertiary/aromatic N) is 1. The summed E-state index contributed by atoms with van der Waals surface area (Å²) in [7, 11) is 0. The molecule has 1 fully saturated rings. The lowest BCUT2D eigenvalue weighted by molar-refractivity contribution is 0.0302. The molecule has 0 aliphatic carbocycles. The van der Waals surface area contributed by atoms with Crippen molar-refractivity contribution in [2.75, 3.05) is 26.3 Å². The molecule has 0 saturated carbocycles. The number of hydrogen-bond acceptors (Lipinski definition) is 2. The van der Waals surface area contributed by atoms with Crippen LogP contribution in [0.15, 0.2) is 24.3 Å². The van der Waals surface area contributed by atoms with E-state index in [0.717, 1.165) is 0 Å². The molecule has 1 aliphatic rings. The topological polar surface area (TPSA) is 29.5 Å². The van der Waals surface area contributed by atoms with Gasteiger partial charge >= 0.3 is 0 Å². The third-order valence-corrected chi connectivity index (χ3v) is 2.61. The van der Waals surface area contributed by atoms with Crippen LogP contribution in [0, 0.1) is 12.3 Å². The predicted octanol–water partition coefficient (Wildman–Crippen LogP) is 1.14. The molecule has 3 heteroatoms. The van der Waals surface area contributed by atoms with E-state index in [1.165, 1.54) is 0 Å². The largest absolute Gasteiger partial charge is 0.378 e. The Balaban J connectivity index is 2.23. The van der Waals surface area contributed by atoms with E-state index in [9.17, 15) is 4.79 Å². The second-order valence-electron chi connectivity index (χ2n) is 3.59. The van der Waals surface area contributed by atoms with E-state index in [4.69, 9.17) is 11.2 Å². The van der Waals surface area contributed by atoms with Crippen LogP contribution in [0.4, 0.5) is 0 Å². The van der Waals surface area contributed by atoms with E-state index in [0.29, 0.717) is 37.4 Å². The molecule has 1 aromatic rings. The Kier molecular flexibility index (Phi) is 3.23. The van der Waals surface area contributed by atoms with Gasteiger partial charge < -0.3 is 9.64 Å². The predicted molar refractivity (Wildman–Crippen MR) is 61.1 cm³/mol. The van der Waals surface area contributed by atoms with Crippen molar-refractivity contribution >= 4 is 5.91 Å². The van der Waals surface area contributed by atoms with E-state index in [2.05, 4.69) is 5.92 Å². The van der Waals surface area contributed by atoms with Crippen molar-refractivity contribution in [1.82, 2.24) is 4.90 Å². The second kappa shape index (κ2) is 4.82.